The zero-order valence-corrected chi connectivity index (χ0v) is 18.8. The first-order valence-electron chi connectivity index (χ1n) is 10.4. The fourth-order valence-electron chi connectivity index (χ4n) is 3.65. The lowest BCUT2D eigenvalue weighted by Gasteiger charge is -2.20. The van der Waals surface area contributed by atoms with Gasteiger partial charge in [0.2, 0.25) is 0 Å². The summed E-state index contributed by atoms with van der Waals surface area (Å²) in [7, 11) is 1.25. The Balaban J connectivity index is 1.65. The van der Waals surface area contributed by atoms with Crippen LogP contribution in [0.1, 0.15) is 51.9 Å². The van der Waals surface area contributed by atoms with Gasteiger partial charge in [0.1, 0.15) is 34.3 Å². The average Bonchev–Trinajstić information content (AvgIpc) is 3.05. The van der Waals surface area contributed by atoms with E-state index < -0.39 is 29.4 Å². The predicted molar refractivity (Wildman–Crippen MR) is 121 cm³/mol. The molecule has 0 aliphatic carbocycles. The lowest BCUT2D eigenvalue weighted by molar-refractivity contribution is 0.00832. The second-order valence-electron chi connectivity index (χ2n) is 8.16. The van der Waals surface area contributed by atoms with Gasteiger partial charge < -0.3 is 25.2 Å². The minimum atomic E-state index is -0.859. The van der Waals surface area contributed by atoms with Gasteiger partial charge in [0.25, 0.3) is 0 Å². The molecule has 3 heterocycles. The number of fused-ring (bicyclic) bond motifs is 1. The van der Waals surface area contributed by atoms with E-state index in [0.29, 0.717) is 34.1 Å². The van der Waals surface area contributed by atoms with E-state index >= 15 is 0 Å². The van der Waals surface area contributed by atoms with Crippen molar-refractivity contribution in [1.29, 1.82) is 0 Å². The second-order valence-corrected chi connectivity index (χ2v) is 8.16. The summed E-state index contributed by atoms with van der Waals surface area (Å²) in [4.78, 5) is 33.1. The molecule has 9 nitrogen and oxygen atoms in total. The summed E-state index contributed by atoms with van der Waals surface area (Å²) in [6.07, 6.45) is 1.33. The summed E-state index contributed by atoms with van der Waals surface area (Å²) >= 11 is 0. The van der Waals surface area contributed by atoms with E-state index in [4.69, 9.17) is 9.47 Å². The van der Waals surface area contributed by atoms with Crippen LogP contribution in [0, 0.1) is 5.82 Å². The van der Waals surface area contributed by atoms with Crippen molar-refractivity contribution in [3.63, 3.8) is 0 Å². The Labute approximate surface area is 195 Å². The molecule has 0 saturated heterocycles. The fourth-order valence-corrected chi connectivity index (χ4v) is 3.65. The largest absolute Gasteiger partial charge is 0.465 e. The summed E-state index contributed by atoms with van der Waals surface area (Å²) in [6, 6.07) is 9.86. The Morgan fingerprint density at radius 3 is 2.62 bits per heavy atom. The van der Waals surface area contributed by atoms with E-state index in [9.17, 15) is 19.1 Å². The van der Waals surface area contributed by atoms with Crippen LogP contribution in [0.3, 0.4) is 0 Å². The van der Waals surface area contributed by atoms with Crippen molar-refractivity contribution >= 4 is 29.3 Å². The van der Waals surface area contributed by atoms with Crippen LogP contribution in [0.25, 0.3) is 0 Å². The van der Waals surface area contributed by atoms with Crippen molar-refractivity contribution in [3.8, 4) is 0 Å². The van der Waals surface area contributed by atoms with Gasteiger partial charge in [-0.1, -0.05) is 12.1 Å². The molecule has 0 spiro atoms. The number of benzene rings is 1. The molecule has 3 aromatic rings. The number of aliphatic hydroxyl groups is 1. The summed E-state index contributed by atoms with van der Waals surface area (Å²) < 4.78 is 23.5. The smallest absolute Gasteiger partial charge is 0.341 e. The molecule has 1 aliphatic rings. The van der Waals surface area contributed by atoms with Gasteiger partial charge in [-0.05, 0) is 43.7 Å². The number of hydrogen-bond acceptors (Lipinski definition) is 9. The highest BCUT2D eigenvalue weighted by atomic mass is 19.1. The molecule has 1 unspecified atom stereocenters. The molecule has 0 radical (unpaired) electrons. The second kappa shape index (κ2) is 9.06. The highest BCUT2D eigenvalue weighted by Crippen LogP contribution is 2.35. The minimum absolute atomic E-state index is 0.149. The number of hydrogen-bond donors (Lipinski definition) is 3. The van der Waals surface area contributed by atoms with Crippen LogP contribution in [0.5, 0.6) is 0 Å². The monoisotopic (exact) mass is 466 g/mol. The number of rotatable bonds is 7. The van der Waals surface area contributed by atoms with Crippen molar-refractivity contribution in [2.24, 2.45) is 0 Å². The van der Waals surface area contributed by atoms with Gasteiger partial charge in [0, 0.05) is 12.3 Å². The van der Waals surface area contributed by atoms with Crippen molar-refractivity contribution in [2.75, 3.05) is 24.4 Å². The highest BCUT2D eigenvalue weighted by molar-refractivity contribution is 5.96. The van der Waals surface area contributed by atoms with Gasteiger partial charge in [-0.15, -0.1) is 0 Å². The van der Waals surface area contributed by atoms with Crippen LogP contribution < -0.4 is 10.6 Å². The zero-order chi connectivity index (χ0) is 24.5. The van der Waals surface area contributed by atoms with E-state index in [1.54, 1.807) is 44.2 Å². The Hall–Kier alpha value is -4.05. The number of anilines is 3. The quantitative estimate of drug-likeness (QED) is 0.447. The van der Waals surface area contributed by atoms with Crippen LogP contribution >= 0.6 is 0 Å². The molecule has 34 heavy (non-hydrogen) atoms. The summed E-state index contributed by atoms with van der Waals surface area (Å²) in [6.45, 7) is 3.19. The Morgan fingerprint density at radius 1 is 1.21 bits per heavy atom. The number of ether oxygens (including phenoxy) is 2. The molecule has 1 aliphatic heterocycles. The number of cyclic esters (lactones) is 1. The number of methoxy groups -OCH3 is 1. The average molecular weight is 466 g/mol. The normalized spacial score (nSPS) is 14.7. The third-order valence-electron chi connectivity index (χ3n) is 5.38. The number of aromatic nitrogens is 2. The SMILES string of the molecule is COC(=O)c1cnc(Nc2ccc3c(n2)C(C)(C)OC3=O)cc1NC(CO)c1ccc(F)cc1. The molecule has 3 N–H and O–H groups in total. The first-order valence-corrected chi connectivity index (χ1v) is 10.4. The van der Waals surface area contributed by atoms with Gasteiger partial charge in [-0.2, -0.15) is 0 Å². The van der Waals surface area contributed by atoms with Crippen LogP contribution in [0.15, 0.2) is 48.7 Å². The maximum Gasteiger partial charge on any atom is 0.341 e. The minimum Gasteiger partial charge on any atom is -0.465 e. The fraction of sp³-hybridized carbons (Fsp3) is 0.250. The number of carbonyl (C=O) groups excluding carboxylic acids is 2. The first kappa shape index (κ1) is 23.1. The third kappa shape index (κ3) is 4.53. The number of nitrogens with zero attached hydrogens (tertiary/aromatic N) is 2. The Kier molecular flexibility index (Phi) is 6.16. The van der Waals surface area contributed by atoms with Crippen LogP contribution in [0.4, 0.5) is 21.7 Å². The van der Waals surface area contributed by atoms with Crippen LogP contribution in [0.2, 0.25) is 0 Å². The summed E-state index contributed by atoms with van der Waals surface area (Å²) in [5.41, 5.74) is 1.16. The van der Waals surface area contributed by atoms with E-state index in [0.717, 1.165) is 0 Å². The van der Waals surface area contributed by atoms with Gasteiger partial charge in [-0.3, -0.25) is 0 Å². The number of halogens is 1. The van der Waals surface area contributed by atoms with E-state index in [2.05, 4.69) is 20.6 Å². The van der Waals surface area contributed by atoms with Gasteiger partial charge in [0.05, 0.1) is 31.0 Å². The van der Waals surface area contributed by atoms with Crippen molar-refractivity contribution in [3.05, 3.63) is 76.9 Å². The first-order chi connectivity index (χ1) is 16.2. The zero-order valence-electron chi connectivity index (χ0n) is 18.8. The molecule has 176 valence electrons. The number of aliphatic hydroxyl groups excluding tert-OH is 1. The highest BCUT2D eigenvalue weighted by Gasteiger charge is 2.39. The Bertz CT molecular complexity index is 1250. The van der Waals surface area contributed by atoms with Gasteiger partial charge in [-0.25, -0.2) is 23.9 Å². The number of nitrogens with one attached hydrogen (secondary N) is 2. The molecule has 0 fully saturated rings. The molecule has 0 amide bonds. The lowest BCUT2D eigenvalue weighted by atomic mass is 10.0. The predicted octanol–water partition coefficient (Wildman–Crippen LogP) is 3.70. The topological polar surface area (TPSA) is 123 Å². The van der Waals surface area contributed by atoms with E-state index in [1.807, 2.05) is 0 Å². The molecule has 0 bridgehead atoms. The van der Waals surface area contributed by atoms with Crippen LogP contribution in [-0.2, 0) is 15.1 Å². The number of carbonyl (C=O) groups is 2. The van der Waals surface area contributed by atoms with Crippen molar-refractivity contribution in [2.45, 2.75) is 25.5 Å². The molecular weight excluding hydrogens is 443 g/mol. The van der Waals surface area contributed by atoms with Gasteiger partial charge in [0.15, 0.2) is 0 Å². The van der Waals surface area contributed by atoms with Gasteiger partial charge >= 0.3 is 11.9 Å². The molecular formula is C24H23FN4O5. The molecule has 4 rings (SSSR count). The maximum atomic E-state index is 13.3. The standard InChI is InChI=1S/C24H23FN4O5/c1-24(2)21-15(23(32)34-24)8-9-19(29-21)28-20-10-17(16(11-26-20)22(31)33-3)27-18(12-30)13-4-6-14(25)7-5-13/h4-11,18,30H,12H2,1-3H3,(H2,26,27,28,29). The molecule has 1 atom stereocenters. The van der Waals surface area contributed by atoms with E-state index in [-0.39, 0.29) is 12.2 Å². The molecule has 1 aromatic carbocycles. The third-order valence-corrected chi connectivity index (χ3v) is 5.38. The Morgan fingerprint density at radius 2 is 1.94 bits per heavy atom. The summed E-state index contributed by atoms with van der Waals surface area (Å²) in [5, 5.41) is 16.1. The molecule has 0 saturated carbocycles. The molecule has 10 heteroatoms. The van der Waals surface area contributed by atoms with Crippen LogP contribution in [-0.4, -0.2) is 40.7 Å². The van der Waals surface area contributed by atoms with Crippen molar-refractivity contribution in [1.82, 2.24) is 9.97 Å². The number of pyridine rings is 2. The number of esters is 2. The summed E-state index contributed by atoms with van der Waals surface area (Å²) in [5.74, 6) is -0.677. The molecule has 2 aromatic heterocycles. The lowest BCUT2D eigenvalue weighted by Crippen LogP contribution is -2.18. The maximum absolute atomic E-state index is 13.3. The van der Waals surface area contributed by atoms with Crippen molar-refractivity contribution < 1.29 is 28.6 Å². The van der Waals surface area contributed by atoms with E-state index in [1.165, 1.54) is 25.4 Å².